The van der Waals surface area contributed by atoms with Crippen LogP contribution in [0.3, 0.4) is 0 Å². The predicted molar refractivity (Wildman–Crippen MR) is 84.7 cm³/mol. The standard InChI is InChI=1S/C17H19NS/c1-13-6-7-15-9-11-18-10-8-14-4-2-3-5-16(14)19-17(15)12-13/h2-5,8-11,13,17H,6-7,12H2,1H3. The first-order valence-corrected chi connectivity index (χ1v) is 7.85. The molecular formula is C17H19NS. The maximum Gasteiger partial charge on any atom is 0.0310 e. The topological polar surface area (TPSA) is 12.4 Å². The number of aliphatic imine (C=N–C) groups is 1. The van der Waals surface area contributed by atoms with Crippen molar-refractivity contribution in [1.29, 1.82) is 0 Å². The van der Waals surface area contributed by atoms with Crippen LogP contribution in [0.4, 0.5) is 0 Å². The fraction of sp³-hybridized carbons (Fsp3) is 0.353. The van der Waals surface area contributed by atoms with Gasteiger partial charge in [0.15, 0.2) is 0 Å². The zero-order valence-electron chi connectivity index (χ0n) is 11.3. The molecule has 0 saturated heterocycles. The third kappa shape index (κ3) is 3.01. The molecule has 0 N–H and O–H groups in total. The molecule has 1 aromatic carbocycles. The monoisotopic (exact) mass is 269 g/mol. The Bertz CT molecular complexity index is 542. The van der Waals surface area contributed by atoms with Crippen molar-refractivity contribution >= 4 is 24.1 Å². The average molecular weight is 269 g/mol. The molecule has 0 amide bonds. The highest BCUT2D eigenvalue weighted by Crippen LogP contribution is 2.40. The Morgan fingerprint density at radius 3 is 3.11 bits per heavy atom. The molecular weight excluding hydrogens is 250 g/mol. The maximum atomic E-state index is 4.35. The molecule has 0 radical (unpaired) electrons. The van der Waals surface area contributed by atoms with Crippen LogP contribution in [0.15, 0.2) is 52.0 Å². The molecule has 2 heteroatoms. The Hall–Kier alpha value is -1.28. The Kier molecular flexibility index (Phi) is 3.88. The van der Waals surface area contributed by atoms with E-state index in [-0.39, 0.29) is 0 Å². The van der Waals surface area contributed by atoms with Gasteiger partial charge in [-0.25, -0.2) is 0 Å². The summed E-state index contributed by atoms with van der Waals surface area (Å²) < 4.78 is 0. The Balaban J connectivity index is 1.98. The van der Waals surface area contributed by atoms with Crippen molar-refractivity contribution in [2.75, 3.05) is 0 Å². The summed E-state index contributed by atoms with van der Waals surface area (Å²) in [5, 5.41) is 0.614. The minimum atomic E-state index is 0.614. The lowest BCUT2D eigenvalue weighted by atomic mass is 9.86. The van der Waals surface area contributed by atoms with E-state index in [1.54, 1.807) is 5.57 Å². The normalized spacial score (nSPS) is 26.3. The molecule has 1 aliphatic carbocycles. The average Bonchev–Trinajstić information content (AvgIpc) is 2.42. The van der Waals surface area contributed by atoms with E-state index in [0.29, 0.717) is 5.25 Å². The maximum absolute atomic E-state index is 4.35. The molecule has 1 fully saturated rings. The van der Waals surface area contributed by atoms with Gasteiger partial charge in [-0.3, -0.25) is 4.99 Å². The van der Waals surface area contributed by atoms with Crippen molar-refractivity contribution in [3.8, 4) is 0 Å². The highest BCUT2D eigenvalue weighted by Gasteiger charge is 2.24. The van der Waals surface area contributed by atoms with Gasteiger partial charge in [0.05, 0.1) is 0 Å². The van der Waals surface area contributed by atoms with E-state index < -0.39 is 0 Å². The highest BCUT2D eigenvalue weighted by atomic mass is 32.2. The second kappa shape index (κ2) is 5.79. The van der Waals surface area contributed by atoms with E-state index in [9.17, 15) is 0 Å². The van der Waals surface area contributed by atoms with Crippen LogP contribution in [0.1, 0.15) is 31.7 Å². The van der Waals surface area contributed by atoms with Gasteiger partial charge in [0.2, 0.25) is 0 Å². The molecule has 1 aromatic rings. The largest absolute Gasteiger partial charge is 0.265 e. The van der Waals surface area contributed by atoms with Crippen molar-refractivity contribution in [2.24, 2.45) is 10.9 Å². The number of hydrogen-bond acceptors (Lipinski definition) is 2. The van der Waals surface area contributed by atoms with Crippen LogP contribution >= 0.6 is 11.8 Å². The van der Waals surface area contributed by atoms with Gasteiger partial charge in [0.25, 0.3) is 0 Å². The molecule has 1 heterocycles. The molecule has 1 aliphatic heterocycles. The summed E-state index contributed by atoms with van der Waals surface area (Å²) in [6, 6.07) is 8.63. The van der Waals surface area contributed by atoms with Gasteiger partial charge in [-0.1, -0.05) is 30.7 Å². The first kappa shape index (κ1) is 12.7. The van der Waals surface area contributed by atoms with Gasteiger partial charge in [-0.05, 0) is 49.0 Å². The first-order chi connectivity index (χ1) is 9.33. The van der Waals surface area contributed by atoms with Crippen molar-refractivity contribution in [1.82, 2.24) is 0 Å². The van der Waals surface area contributed by atoms with Crippen LogP contribution in [-0.4, -0.2) is 11.5 Å². The lowest BCUT2D eigenvalue weighted by Gasteiger charge is -2.29. The molecule has 3 rings (SSSR count). The SMILES string of the molecule is CC1CCC2=CC=NC=Cc3ccccc3SC2C1. The molecule has 0 aromatic heterocycles. The second-order valence-electron chi connectivity index (χ2n) is 5.38. The van der Waals surface area contributed by atoms with E-state index in [0.717, 1.165) is 5.92 Å². The smallest absolute Gasteiger partial charge is 0.0310 e. The van der Waals surface area contributed by atoms with E-state index >= 15 is 0 Å². The van der Waals surface area contributed by atoms with Gasteiger partial charge in [-0.15, -0.1) is 11.8 Å². The molecule has 2 aliphatic rings. The number of rotatable bonds is 0. The number of nitrogens with zero attached hydrogens (tertiary/aromatic N) is 1. The zero-order chi connectivity index (χ0) is 13.1. The van der Waals surface area contributed by atoms with Crippen molar-refractivity contribution in [3.05, 3.63) is 47.7 Å². The van der Waals surface area contributed by atoms with Crippen LogP contribution in [0, 0.1) is 5.92 Å². The van der Waals surface area contributed by atoms with Gasteiger partial charge in [0, 0.05) is 22.6 Å². The van der Waals surface area contributed by atoms with Crippen LogP contribution in [0.2, 0.25) is 0 Å². The summed E-state index contributed by atoms with van der Waals surface area (Å²) in [7, 11) is 0. The van der Waals surface area contributed by atoms with Crippen LogP contribution in [0.25, 0.3) is 6.08 Å². The lowest BCUT2D eigenvalue weighted by molar-refractivity contribution is 0.451. The number of hydrogen-bond donors (Lipinski definition) is 0. The fourth-order valence-electron chi connectivity index (χ4n) is 2.71. The third-order valence-corrected chi connectivity index (χ3v) is 5.26. The number of allylic oxidation sites excluding steroid dienone is 1. The highest BCUT2D eigenvalue weighted by molar-refractivity contribution is 8.00. The zero-order valence-corrected chi connectivity index (χ0v) is 12.1. The Labute approximate surface area is 119 Å². The number of fused-ring (bicyclic) bond motifs is 2. The molecule has 0 bridgehead atoms. The Morgan fingerprint density at radius 2 is 2.16 bits per heavy atom. The number of benzene rings is 1. The molecule has 0 spiro atoms. The Morgan fingerprint density at radius 1 is 1.26 bits per heavy atom. The van der Waals surface area contributed by atoms with Crippen molar-refractivity contribution in [2.45, 2.75) is 36.3 Å². The first-order valence-electron chi connectivity index (χ1n) is 6.97. The van der Waals surface area contributed by atoms with Crippen molar-refractivity contribution in [3.63, 3.8) is 0 Å². The van der Waals surface area contributed by atoms with Gasteiger partial charge in [-0.2, -0.15) is 0 Å². The lowest BCUT2D eigenvalue weighted by Crippen LogP contribution is -2.18. The van der Waals surface area contributed by atoms with Crippen LogP contribution in [-0.2, 0) is 0 Å². The third-order valence-electron chi connectivity index (χ3n) is 3.86. The van der Waals surface area contributed by atoms with Gasteiger partial charge < -0.3 is 0 Å². The minimum absolute atomic E-state index is 0.614. The predicted octanol–water partition coefficient (Wildman–Crippen LogP) is 4.95. The van der Waals surface area contributed by atoms with E-state index in [1.165, 1.54) is 29.7 Å². The summed E-state index contributed by atoms with van der Waals surface area (Å²) in [5.74, 6) is 0.831. The quantitative estimate of drug-likeness (QED) is 0.649. The van der Waals surface area contributed by atoms with E-state index in [4.69, 9.17) is 0 Å². The van der Waals surface area contributed by atoms with Crippen LogP contribution < -0.4 is 0 Å². The summed E-state index contributed by atoms with van der Waals surface area (Å²) in [6.45, 7) is 2.37. The summed E-state index contributed by atoms with van der Waals surface area (Å²) in [6.07, 6.45) is 12.0. The molecule has 19 heavy (non-hydrogen) atoms. The molecule has 2 atom stereocenters. The number of thioether (sulfide) groups is 1. The molecule has 1 saturated carbocycles. The van der Waals surface area contributed by atoms with Crippen LogP contribution in [0.5, 0.6) is 0 Å². The summed E-state index contributed by atoms with van der Waals surface area (Å²) in [5.41, 5.74) is 2.83. The fourth-order valence-corrected chi connectivity index (χ4v) is 4.22. The van der Waals surface area contributed by atoms with Crippen molar-refractivity contribution < 1.29 is 0 Å². The van der Waals surface area contributed by atoms with Gasteiger partial charge in [0.1, 0.15) is 0 Å². The summed E-state index contributed by atoms with van der Waals surface area (Å²) >= 11 is 2.02. The molecule has 98 valence electrons. The molecule has 1 nitrogen and oxygen atoms in total. The van der Waals surface area contributed by atoms with E-state index in [2.05, 4.69) is 48.3 Å². The minimum Gasteiger partial charge on any atom is -0.265 e. The van der Waals surface area contributed by atoms with E-state index in [1.807, 2.05) is 24.2 Å². The molecule has 2 unspecified atom stereocenters. The summed E-state index contributed by atoms with van der Waals surface area (Å²) in [4.78, 5) is 5.73. The van der Waals surface area contributed by atoms with Gasteiger partial charge >= 0.3 is 0 Å². The second-order valence-corrected chi connectivity index (χ2v) is 6.62.